The van der Waals surface area contributed by atoms with E-state index in [-0.39, 0.29) is 12.1 Å². The SMILES string of the molecule is Cc1cccc(N2C(CCO)CN(C)CC2(C)C)c1. The maximum Gasteiger partial charge on any atom is 0.0476 e. The molecular weight excluding hydrogens is 236 g/mol. The molecule has 0 radical (unpaired) electrons. The Kier molecular flexibility index (Phi) is 4.16. The van der Waals surface area contributed by atoms with Crippen molar-refractivity contribution in [3.8, 4) is 0 Å². The molecule has 0 bridgehead atoms. The smallest absolute Gasteiger partial charge is 0.0476 e. The summed E-state index contributed by atoms with van der Waals surface area (Å²) in [6.07, 6.45) is 0.821. The van der Waals surface area contributed by atoms with E-state index in [4.69, 9.17) is 0 Å². The third kappa shape index (κ3) is 3.10. The third-order valence-electron chi connectivity index (χ3n) is 3.94. The molecule has 2 rings (SSSR count). The van der Waals surface area contributed by atoms with Crippen LogP contribution in [0, 0.1) is 6.92 Å². The number of rotatable bonds is 3. The van der Waals surface area contributed by atoms with Crippen molar-refractivity contribution >= 4 is 5.69 Å². The van der Waals surface area contributed by atoms with Crippen LogP contribution < -0.4 is 4.90 Å². The van der Waals surface area contributed by atoms with Crippen molar-refractivity contribution in [3.05, 3.63) is 29.8 Å². The summed E-state index contributed by atoms with van der Waals surface area (Å²) in [6, 6.07) is 9.06. The lowest BCUT2D eigenvalue weighted by Gasteiger charge is -2.52. The summed E-state index contributed by atoms with van der Waals surface area (Å²) in [5.41, 5.74) is 2.65. The molecule has 3 nitrogen and oxygen atoms in total. The molecule has 0 aromatic heterocycles. The molecule has 1 aliphatic rings. The molecule has 1 aromatic carbocycles. The molecule has 0 spiro atoms. The second-order valence-electron chi connectivity index (χ2n) is 6.38. The normalized spacial score (nSPS) is 23.6. The predicted molar refractivity (Wildman–Crippen MR) is 80.7 cm³/mol. The molecule has 3 heteroatoms. The monoisotopic (exact) mass is 262 g/mol. The molecule has 0 amide bonds. The van der Waals surface area contributed by atoms with Crippen LogP contribution in [0.4, 0.5) is 5.69 Å². The highest BCUT2D eigenvalue weighted by atomic mass is 16.3. The zero-order valence-electron chi connectivity index (χ0n) is 12.6. The fourth-order valence-corrected chi connectivity index (χ4v) is 3.44. The van der Waals surface area contributed by atoms with E-state index in [9.17, 15) is 5.11 Å². The van der Waals surface area contributed by atoms with Gasteiger partial charge >= 0.3 is 0 Å². The molecular formula is C16H26N2O. The van der Waals surface area contributed by atoms with Crippen LogP contribution in [-0.4, -0.2) is 48.3 Å². The Hall–Kier alpha value is -1.06. The van der Waals surface area contributed by atoms with Gasteiger partial charge in [-0.3, -0.25) is 0 Å². The van der Waals surface area contributed by atoms with Crippen molar-refractivity contribution in [1.82, 2.24) is 4.90 Å². The molecule has 0 saturated carbocycles. The fourth-order valence-electron chi connectivity index (χ4n) is 3.44. The second-order valence-corrected chi connectivity index (χ2v) is 6.38. The Bertz CT molecular complexity index is 431. The van der Waals surface area contributed by atoms with E-state index >= 15 is 0 Å². The quantitative estimate of drug-likeness (QED) is 0.905. The molecule has 1 atom stereocenters. The van der Waals surface area contributed by atoms with Crippen molar-refractivity contribution < 1.29 is 5.11 Å². The lowest BCUT2D eigenvalue weighted by molar-refractivity contribution is 0.159. The first-order valence-corrected chi connectivity index (χ1v) is 7.09. The molecule has 106 valence electrons. The van der Waals surface area contributed by atoms with Gasteiger partial charge in [-0.25, -0.2) is 0 Å². The van der Waals surface area contributed by atoms with Gasteiger partial charge in [0.15, 0.2) is 0 Å². The number of piperazine rings is 1. The largest absolute Gasteiger partial charge is 0.396 e. The standard InChI is InChI=1S/C16H26N2O/c1-13-6-5-7-14(10-13)18-15(8-9-19)11-17(4)12-16(18,2)3/h5-7,10,15,19H,8-9,11-12H2,1-4H3. The fraction of sp³-hybridized carbons (Fsp3) is 0.625. The number of hydrogen-bond donors (Lipinski definition) is 1. The van der Waals surface area contributed by atoms with E-state index in [0.29, 0.717) is 6.04 Å². The predicted octanol–water partition coefficient (Wildman–Crippen LogP) is 2.28. The Morgan fingerprint density at radius 2 is 2.11 bits per heavy atom. The van der Waals surface area contributed by atoms with E-state index in [0.717, 1.165) is 19.5 Å². The highest BCUT2D eigenvalue weighted by molar-refractivity contribution is 5.52. The Morgan fingerprint density at radius 1 is 1.37 bits per heavy atom. The van der Waals surface area contributed by atoms with E-state index in [1.54, 1.807) is 0 Å². The van der Waals surface area contributed by atoms with Gasteiger partial charge in [-0.15, -0.1) is 0 Å². The van der Waals surface area contributed by atoms with Gasteiger partial charge in [0.1, 0.15) is 0 Å². The summed E-state index contributed by atoms with van der Waals surface area (Å²) in [5.74, 6) is 0. The summed E-state index contributed by atoms with van der Waals surface area (Å²) in [4.78, 5) is 4.86. The number of benzene rings is 1. The first-order chi connectivity index (χ1) is 8.94. The molecule has 1 N–H and O–H groups in total. The van der Waals surface area contributed by atoms with Crippen molar-refractivity contribution in [2.45, 2.75) is 38.8 Å². The van der Waals surface area contributed by atoms with Crippen LogP contribution in [0.15, 0.2) is 24.3 Å². The second kappa shape index (κ2) is 5.51. The van der Waals surface area contributed by atoms with Crippen LogP contribution in [0.5, 0.6) is 0 Å². The van der Waals surface area contributed by atoms with Crippen LogP contribution in [0.2, 0.25) is 0 Å². The van der Waals surface area contributed by atoms with Gasteiger partial charge in [0.2, 0.25) is 0 Å². The summed E-state index contributed by atoms with van der Waals surface area (Å²) in [7, 11) is 2.17. The van der Waals surface area contributed by atoms with Gasteiger partial charge in [0.05, 0.1) is 0 Å². The van der Waals surface area contributed by atoms with E-state index in [2.05, 4.69) is 61.9 Å². The number of hydrogen-bond acceptors (Lipinski definition) is 3. The Morgan fingerprint density at radius 3 is 2.74 bits per heavy atom. The molecule has 1 heterocycles. The molecule has 0 aliphatic carbocycles. The number of likely N-dealkylation sites (N-methyl/N-ethyl adjacent to an activating group) is 1. The molecule has 1 unspecified atom stereocenters. The average molecular weight is 262 g/mol. The maximum absolute atomic E-state index is 9.35. The Labute approximate surface area is 116 Å². The van der Waals surface area contributed by atoms with Crippen LogP contribution in [-0.2, 0) is 0 Å². The van der Waals surface area contributed by atoms with Crippen molar-refractivity contribution in [2.24, 2.45) is 0 Å². The molecule has 1 aliphatic heterocycles. The van der Waals surface area contributed by atoms with Gasteiger partial charge < -0.3 is 14.9 Å². The molecule has 1 aromatic rings. The molecule has 1 fully saturated rings. The third-order valence-corrected chi connectivity index (χ3v) is 3.94. The average Bonchev–Trinajstić information content (AvgIpc) is 2.26. The van der Waals surface area contributed by atoms with Crippen LogP contribution in [0.3, 0.4) is 0 Å². The number of anilines is 1. The number of nitrogens with zero attached hydrogens (tertiary/aromatic N) is 2. The first kappa shape index (κ1) is 14.4. The van der Waals surface area contributed by atoms with Gasteiger partial charge in [-0.05, 0) is 51.9 Å². The zero-order chi connectivity index (χ0) is 14.0. The Balaban J connectivity index is 2.36. The number of aliphatic hydroxyl groups excluding tert-OH is 1. The van der Waals surface area contributed by atoms with Crippen LogP contribution in [0.1, 0.15) is 25.8 Å². The molecule has 19 heavy (non-hydrogen) atoms. The van der Waals surface area contributed by atoms with Crippen molar-refractivity contribution in [2.75, 3.05) is 31.6 Å². The topological polar surface area (TPSA) is 26.7 Å². The highest BCUT2D eigenvalue weighted by Crippen LogP contribution is 2.32. The van der Waals surface area contributed by atoms with Gasteiger partial charge in [-0.2, -0.15) is 0 Å². The summed E-state index contributed by atoms with van der Waals surface area (Å²) in [5, 5.41) is 9.35. The summed E-state index contributed by atoms with van der Waals surface area (Å²) in [6.45, 7) is 9.01. The summed E-state index contributed by atoms with van der Waals surface area (Å²) >= 11 is 0. The minimum atomic E-state index is 0.0840. The van der Waals surface area contributed by atoms with Gasteiger partial charge in [-0.1, -0.05) is 12.1 Å². The first-order valence-electron chi connectivity index (χ1n) is 7.09. The summed E-state index contributed by atoms with van der Waals surface area (Å²) < 4.78 is 0. The zero-order valence-corrected chi connectivity index (χ0v) is 12.6. The van der Waals surface area contributed by atoms with Crippen molar-refractivity contribution in [1.29, 1.82) is 0 Å². The lowest BCUT2D eigenvalue weighted by atomic mass is 9.92. The number of aliphatic hydroxyl groups is 1. The van der Waals surface area contributed by atoms with Crippen LogP contribution in [0.25, 0.3) is 0 Å². The molecule has 1 saturated heterocycles. The van der Waals surface area contributed by atoms with Gasteiger partial charge in [0, 0.05) is 37.0 Å². The van der Waals surface area contributed by atoms with E-state index in [1.165, 1.54) is 11.3 Å². The minimum Gasteiger partial charge on any atom is -0.396 e. The van der Waals surface area contributed by atoms with Crippen molar-refractivity contribution in [3.63, 3.8) is 0 Å². The maximum atomic E-state index is 9.35. The van der Waals surface area contributed by atoms with Crippen LogP contribution >= 0.6 is 0 Å². The van der Waals surface area contributed by atoms with E-state index in [1.807, 2.05) is 0 Å². The number of aryl methyl sites for hydroxylation is 1. The lowest BCUT2D eigenvalue weighted by Crippen LogP contribution is -2.63. The van der Waals surface area contributed by atoms with E-state index < -0.39 is 0 Å². The van der Waals surface area contributed by atoms with Gasteiger partial charge in [0.25, 0.3) is 0 Å². The highest BCUT2D eigenvalue weighted by Gasteiger charge is 2.38. The minimum absolute atomic E-state index is 0.0840.